The van der Waals surface area contributed by atoms with Crippen molar-refractivity contribution < 1.29 is 23.9 Å². The number of nitrogens with zero attached hydrogens (tertiary/aromatic N) is 2. The Balaban J connectivity index is 1.25. The number of anilines is 2. The maximum atomic E-state index is 12.8. The van der Waals surface area contributed by atoms with Gasteiger partial charge in [0.25, 0.3) is 0 Å². The Morgan fingerprint density at radius 3 is 2.03 bits per heavy atom. The number of ether oxygens (including phenoxy) is 1. The van der Waals surface area contributed by atoms with Gasteiger partial charge in [0.1, 0.15) is 5.75 Å². The molecule has 1 saturated carbocycles. The van der Waals surface area contributed by atoms with E-state index in [4.69, 9.17) is 4.74 Å². The molecule has 0 spiro atoms. The highest BCUT2D eigenvalue weighted by molar-refractivity contribution is 6.22. The van der Waals surface area contributed by atoms with E-state index in [1.165, 1.54) is 4.90 Å². The first-order chi connectivity index (χ1) is 16.3. The summed E-state index contributed by atoms with van der Waals surface area (Å²) in [7, 11) is 0. The van der Waals surface area contributed by atoms with Crippen LogP contribution in [0.3, 0.4) is 0 Å². The fourth-order valence-corrected chi connectivity index (χ4v) is 5.50. The van der Waals surface area contributed by atoms with Gasteiger partial charge in [-0.2, -0.15) is 0 Å². The summed E-state index contributed by atoms with van der Waals surface area (Å²) in [5.41, 5.74) is 3.41. The molecule has 2 aromatic rings. The van der Waals surface area contributed by atoms with Gasteiger partial charge in [0.15, 0.2) is 0 Å². The van der Waals surface area contributed by atoms with Gasteiger partial charge in [0.05, 0.1) is 23.4 Å². The molecule has 0 N–H and O–H groups in total. The molecule has 0 radical (unpaired) electrons. The minimum atomic E-state index is -0.558. The number of rotatable bonds is 4. The fourth-order valence-electron chi connectivity index (χ4n) is 5.50. The van der Waals surface area contributed by atoms with Crippen LogP contribution in [0.1, 0.15) is 43.2 Å². The number of hydrogen-bond donors (Lipinski definition) is 0. The Kier molecular flexibility index (Phi) is 5.71. The lowest BCUT2D eigenvalue weighted by atomic mass is 9.81. The van der Waals surface area contributed by atoms with Crippen molar-refractivity contribution in [2.24, 2.45) is 17.8 Å². The van der Waals surface area contributed by atoms with Gasteiger partial charge >= 0.3 is 5.97 Å². The van der Waals surface area contributed by atoms with Gasteiger partial charge in [-0.3, -0.25) is 24.1 Å². The standard InChI is InChI=1S/C27H28N2O5/c1-16-11-17(2)13-20(12-16)28-15-18(14-24(28)30)27(33)34-21-9-7-19(8-10-21)29-25(31)22-5-3-4-6-23(22)26(29)32/h7-13,18,22-23H,3-6,14-15H2,1-2H3/t18-,22-,23+/m0/s1. The fraction of sp³-hybridized carbons (Fsp3) is 0.407. The average Bonchev–Trinajstić information content (AvgIpc) is 3.32. The Bertz CT molecular complexity index is 1130. The zero-order valence-electron chi connectivity index (χ0n) is 19.5. The third-order valence-corrected chi connectivity index (χ3v) is 7.13. The topological polar surface area (TPSA) is 84.0 Å². The first-order valence-electron chi connectivity index (χ1n) is 11.9. The van der Waals surface area contributed by atoms with E-state index in [1.807, 2.05) is 32.0 Å². The maximum absolute atomic E-state index is 12.8. The van der Waals surface area contributed by atoms with Crippen molar-refractivity contribution in [3.63, 3.8) is 0 Å². The van der Waals surface area contributed by atoms with Gasteiger partial charge in [-0.25, -0.2) is 0 Å². The number of imide groups is 1. The van der Waals surface area contributed by atoms with E-state index in [1.54, 1.807) is 29.2 Å². The molecule has 34 heavy (non-hydrogen) atoms. The predicted molar refractivity (Wildman–Crippen MR) is 126 cm³/mol. The van der Waals surface area contributed by atoms with E-state index in [0.29, 0.717) is 11.4 Å². The van der Waals surface area contributed by atoms with E-state index in [-0.39, 0.29) is 42.5 Å². The van der Waals surface area contributed by atoms with Crippen molar-refractivity contribution in [1.29, 1.82) is 0 Å². The Morgan fingerprint density at radius 1 is 0.853 bits per heavy atom. The van der Waals surface area contributed by atoms with Crippen LogP contribution in [0, 0.1) is 31.6 Å². The van der Waals surface area contributed by atoms with Crippen LogP contribution in [0.15, 0.2) is 42.5 Å². The molecule has 2 heterocycles. The summed E-state index contributed by atoms with van der Waals surface area (Å²) < 4.78 is 5.54. The van der Waals surface area contributed by atoms with Crippen LogP contribution >= 0.6 is 0 Å². The molecule has 3 aliphatic rings. The second-order valence-electron chi connectivity index (χ2n) is 9.68. The van der Waals surface area contributed by atoms with Crippen LogP contribution in [0.2, 0.25) is 0 Å². The lowest BCUT2D eigenvalue weighted by molar-refractivity contribution is -0.139. The van der Waals surface area contributed by atoms with Crippen molar-refractivity contribution in [2.45, 2.75) is 46.0 Å². The molecule has 1 aliphatic carbocycles. The number of amides is 3. The minimum absolute atomic E-state index is 0.101. The monoisotopic (exact) mass is 460 g/mol. The summed E-state index contributed by atoms with van der Waals surface area (Å²) in [5, 5.41) is 0. The molecule has 5 rings (SSSR count). The van der Waals surface area contributed by atoms with Crippen molar-refractivity contribution in [3.8, 4) is 5.75 Å². The number of esters is 1. The van der Waals surface area contributed by atoms with Crippen molar-refractivity contribution in [2.75, 3.05) is 16.3 Å². The summed E-state index contributed by atoms with van der Waals surface area (Å²) in [6.07, 6.45) is 3.59. The number of carbonyl (C=O) groups is 4. The first-order valence-corrected chi connectivity index (χ1v) is 11.9. The molecule has 7 heteroatoms. The van der Waals surface area contributed by atoms with Gasteiger partial charge < -0.3 is 9.64 Å². The van der Waals surface area contributed by atoms with Crippen LogP contribution in [0.4, 0.5) is 11.4 Å². The number of benzene rings is 2. The largest absolute Gasteiger partial charge is 0.426 e. The molecular formula is C27H28N2O5. The second kappa shape index (κ2) is 8.70. The normalized spacial score (nSPS) is 24.5. The van der Waals surface area contributed by atoms with Gasteiger partial charge in [0.2, 0.25) is 17.7 Å². The van der Waals surface area contributed by atoms with E-state index >= 15 is 0 Å². The SMILES string of the molecule is Cc1cc(C)cc(N2C[C@@H](C(=O)Oc3ccc(N4C(=O)[C@H]5CCCC[C@H]5C4=O)cc3)CC2=O)c1. The average molecular weight is 461 g/mol. The number of fused-ring (bicyclic) bond motifs is 1. The Morgan fingerprint density at radius 2 is 1.44 bits per heavy atom. The van der Waals surface area contributed by atoms with E-state index in [0.717, 1.165) is 42.5 Å². The van der Waals surface area contributed by atoms with Gasteiger partial charge in [-0.05, 0) is 74.2 Å². The third kappa shape index (κ3) is 4.00. The van der Waals surface area contributed by atoms with Gasteiger partial charge in [-0.15, -0.1) is 0 Å². The van der Waals surface area contributed by atoms with E-state index in [2.05, 4.69) is 0 Å². The van der Waals surface area contributed by atoms with Crippen LogP contribution < -0.4 is 14.5 Å². The minimum Gasteiger partial charge on any atom is -0.426 e. The summed E-state index contributed by atoms with van der Waals surface area (Å²) in [6.45, 7) is 4.23. The predicted octanol–water partition coefficient (Wildman–Crippen LogP) is 3.94. The third-order valence-electron chi connectivity index (χ3n) is 7.13. The summed E-state index contributed by atoms with van der Waals surface area (Å²) in [6, 6.07) is 12.4. The van der Waals surface area contributed by atoms with E-state index < -0.39 is 11.9 Å². The van der Waals surface area contributed by atoms with Crippen LogP contribution in [-0.2, 0) is 19.2 Å². The molecule has 2 aliphatic heterocycles. The summed E-state index contributed by atoms with van der Waals surface area (Å²) in [5.74, 6) is -1.48. The summed E-state index contributed by atoms with van der Waals surface area (Å²) in [4.78, 5) is 53.8. The lowest BCUT2D eigenvalue weighted by Gasteiger charge is -2.19. The zero-order chi connectivity index (χ0) is 24.0. The molecule has 2 saturated heterocycles. The van der Waals surface area contributed by atoms with Crippen LogP contribution in [0.25, 0.3) is 0 Å². The van der Waals surface area contributed by atoms with Crippen LogP contribution in [-0.4, -0.2) is 30.2 Å². The highest BCUT2D eigenvalue weighted by atomic mass is 16.5. The maximum Gasteiger partial charge on any atom is 0.316 e. The molecule has 0 bridgehead atoms. The Labute approximate surface area is 198 Å². The van der Waals surface area contributed by atoms with Crippen molar-refractivity contribution >= 4 is 35.1 Å². The highest BCUT2D eigenvalue weighted by Crippen LogP contribution is 2.40. The molecular weight excluding hydrogens is 432 g/mol. The molecule has 7 nitrogen and oxygen atoms in total. The second-order valence-corrected chi connectivity index (χ2v) is 9.68. The zero-order valence-corrected chi connectivity index (χ0v) is 19.5. The number of aryl methyl sites for hydroxylation is 2. The van der Waals surface area contributed by atoms with E-state index in [9.17, 15) is 19.2 Å². The molecule has 3 fully saturated rings. The molecule has 0 aromatic heterocycles. The lowest BCUT2D eigenvalue weighted by Crippen LogP contribution is -2.30. The Hall–Kier alpha value is -3.48. The van der Waals surface area contributed by atoms with Crippen LogP contribution in [0.5, 0.6) is 5.75 Å². The summed E-state index contributed by atoms with van der Waals surface area (Å²) >= 11 is 0. The molecule has 3 amide bonds. The first kappa shape index (κ1) is 22.3. The quantitative estimate of drug-likeness (QED) is 0.392. The van der Waals surface area contributed by atoms with Gasteiger partial charge in [0, 0.05) is 18.7 Å². The number of carbonyl (C=O) groups excluding carboxylic acids is 4. The van der Waals surface area contributed by atoms with Gasteiger partial charge in [-0.1, -0.05) is 18.9 Å². The number of hydrogen-bond acceptors (Lipinski definition) is 5. The molecule has 0 unspecified atom stereocenters. The smallest absolute Gasteiger partial charge is 0.316 e. The highest BCUT2D eigenvalue weighted by Gasteiger charge is 2.48. The molecule has 176 valence electrons. The van der Waals surface area contributed by atoms with Crippen molar-refractivity contribution in [3.05, 3.63) is 53.6 Å². The molecule has 3 atom stereocenters. The van der Waals surface area contributed by atoms with Crippen molar-refractivity contribution in [1.82, 2.24) is 0 Å². The molecule has 2 aromatic carbocycles.